The number of carbonyl (C=O) groups is 2. The van der Waals surface area contributed by atoms with Crippen molar-refractivity contribution in [2.24, 2.45) is 0 Å². The molecule has 0 aromatic carbocycles. The zero-order chi connectivity index (χ0) is 14.3. The van der Waals surface area contributed by atoms with E-state index >= 15 is 0 Å². The lowest BCUT2D eigenvalue weighted by Gasteiger charge is -2.20. The van der Waals surface area contributed by atoms with Crippen molar-refractivity contribution in [3.8, 4) is 0 Å². The highest BCUT2D eigenvalue weighted by atomic mass is 16.6. The molecule has 0 rings (SSSR count). The van der Waals surface area contributed by atoms with Gasteiger partial charge in [0, 0.05) is 7.11 Å². The van der Waals surface area contributed by atoms with Gasteiger partial charge in [0.2, 0.25) is 0 Å². The SMILES string of the molecule is CO[C@H](C)CO[C@@H](C)C(=O)CC(=O)OC(C)(C)C. The molecule has 5 nitrogen and oxygen atoms in total. The summed E-state index contributed by atoms with van der Waals surface area (Å²) in [4.78, 5) is 23.1. The van der Waals surface area contributed by atoms with Crippen LogP contribution in [0.1, 0.15) is 41.0 Å². The Morgan fingerprint density at radius 3 is 2.17 bits per heavy atom. The van der Waals surface area contributed by atoms with Crippen molar-refractivity contribution < 1.29 is 23.8 Å². The van der Waals surface area contributed by atoms with Crippen LogP contribution < -0.4 is 0 Å². The molecule has 0 saturated heterocycles. The highest BCUT2D eigenvalue weighted by Crippen LogP contribution is 2.09. The molecule has 0 aromatic heterocycles. The standard InChI is InChI=1S/C13H24O5/c1-9(16-6)8-17-10(2)11(14)7-12(15)18-13(3,4)5/h9-10H,7-8H2,1-6H3/t9-,10+/m1/s1. The van der Waals surface area contributed by atoms with E-state index in [1.807, 2.05) is 6.92 Å². The first-order valence-electron chi connectivity index (χ1n) is 6.04. The fourth-order valence-corrected chi connectivity index (χ4v) is 1.10. The molecule has 18 heavy (non-hydrogen) atoms. The molecule has 2 atom stereocenters. The predicted octanol–water partition coefficient (Wildman–Crippen LogP) is 1.73. The van der Waals surface area contributed by atoms with Gasteiger partial charge in [-0.3, -0.25) is 9.59 Å². The largest absolute Gasteiger partial charge is 0.460 e. The van der Waals surface area contributed by atoms with Crippen LogP contribution in [-0.2, 0) is 23.8 Å². The molecule has 0 N–H and O–H groups in total. The third-order valence-corrected chi connectivity index (χ3v) is 2.18. The van der Waals surface area contributed by atoms with Crippen LogP contribution in [0.15, 0.2) is 0 Å². The monoisotopic (exact) mass is 260 g/mol. The minimum Gasteiger partial charge on any atom is -0.460 e. The topological polar surface area (TPSA) is 61.8 Å². The van der Waals surface area contributed by atoms with E-state index in [1.54, 1.807) is 34.8 Å². The number of esters is 1. The van der Waals surface area contributed by atoms with Crippen molar-refractivity contribution in [1.29, 1.82) is 0 Å². The minimum atomic E-state index is -0.630. The predicted molar refractivity (Wildman–Crippen MR) is 67.4 cm³/mol. The Hall–Kier alpha value is -0.940. The van der Waals surface area contributed by atoms with Gasteiger partial charge in [-0.2, -0.15) is 0 Å². The fraction of sp³-hybridized carbons (Fsp3) is 0.846. The molecule has 0 heterocycles. The Morgan fingerprint density at radius 2 is 1.72 bits per heavy atom. The number of ether oxygens (including phenoxy) is 3. The van der Waals surface area contributed by atoms with Crippen LogP contribution in [0.4, 0.5) is 0 Å². The van der Waals surface area contributed by atoms with Crippen molar-refractivity contribution >= 4 is 11.8 Å². The Balaban J connectivity index is 4.04. The molecular weight excluding hydrogens is 236 g/mol. The summed E-state index contributed by atoms with van der Waals surface area (Å²) in [6, 6.07) is 0. The van der Waals surface area contributed by atoms with Crippen molar-refractivity contribution in [1.82, 2.24) is 0 Å². The Bertz CT molecular complexity index is 280. The van der Waals surface area contributed by atoms with Crippen LogP contribution >= 0.6 is 0 Å². The molecular formula is C13H24O5. The summed E-state index contributed by atoms with van der Waals surface area (Å²) in [5.74, 6) is -0.810. The minimum absolute atomic E-state index is 0.0817. The zero-order valence-corrected chi connectivity index (χ0v) is 12.1. The summed E-state index contributed by atoms with van der Waals surface area (Å²) in [5, 5.41) is 0. The third kappa shape index (κ3) is 8.20. The quantitative estimate of drug-likeness (QED) is 0.515. The number of hydrogen-bond acceptors (Lipinski definition) is 5. The van der Waals surface area contributed by atoms with Gasteiger partial charge in [-0.05, 0) is 34.6 Å². The van der Waals surface area contributed by atoms with E-state index in [-0.39, 0.29) is 18.3 Å². The van der Waals surface area contributed by atoms with Crippen LogP contribution in [0, 0.1) is 0 Å². The normalized spacial score (nSPS) is 15.0. The lowest BCUT2D eigenvalue weighted by Crippen LogP contribution is -2.30. The van der Waals surface area contributed by atoms with E-state index in [0.29, 0.717) is 6.61 Å². The van der Waals surface area contributed by atoms with Crippen LogP contribution in [0.2, 0.25) is 0 Å². The fourth-order valence-electron chi connectivity index (χ4n) is 1.10. The second-order valence-electron chi connectivity index (χ2n) is 5.25. The van der Waals surface area contributed by atoms with Crippen molar-refractivity contribution in [2.75, 3.05) is 13.7 Å². The van der Waals surface area contributed by atoms with E-state index in [0.717, 1.165) is 0 Å². The highest BCUT2D eigenvalue weighted by Gasteiger charge is 2.22. The van der Waals surface area contributed by atoms with Crippen molar-refractivity contribution in [2.45, 2.75) is 58.8 Å². The van der Waals surface area contributed by atoms with Crippen LogP contribution in [0.25, 0.3) is 0 Å². The molecule has 0 fully saturated rings. The number of carbonyl (C=O) groups excluding carboxylic acids is 2. The first-order valence-corrected chi connectivity index (χ1v) is 6.04. The van der Waals surface area contributed by atoms with Gasteiger partial charge in [0.1, 0.15) is 18.1 Å². The van der Waals surface area contributed by atoms with Gasteiger partial charge in [-0.25, -0.2) is 0 Å². The van der Waals surface area contributed by atoms with Crippen LogP contribution in [0.5, 0.6) is 0 Å². The number of hydrogen-bond donors (Lipinski definition) is 0. The zero-order valence-electron chi connectivity index (χ0n) is 12.1. The van der Waals surface area contributed by atoms with E-state index < -0.39 is 17.7 Å². The average Bonchev–Trinajstić information content (AvgIpc) is 2.22. The van der Waals surface area contributed by atoms with Gasteiger partial charge >= 0.3 is 5.97 Å². The summed E-state index contributed by atoms with van der Waals surface area (Å²) in [7, 11) is 1.57. The van der Waals surface area contributed by atoms with Crippen LogP contribution in [0.3, 0.4) is 0 Å². The maximum atomic E-state index is 11.7. The highest BCUT2D eigenvalue weighted by molar-refractivity contribution is 5.97. The maximum Gasteiger partial charge on any atom is 0.313 e. The van der Waals surface area contributed by atoms with Crippen LogP contribution in [-0.4, -0.2) is 43.3 Å². The van der Waals surface area contributed by atoms with Gasteiger partial charge in [-0.15, -0.1) is 0 Å². The molecule has 0 radical (unpaired) electrons. The number of Topliss-reactive ketones (excluding diaryl/α,β-unsaturated/α-hetero) is 1. The molecule has 0 aliphatic carbocycles. The second kappa shape index (κ2) is 7.48. The smallest absolute Gasteiger partial charge is 0.313 e. The van der Waals surface area contributed by atoms with Gasteiger partial charge < -0.3 is 14.2 Å². The summed E-state index contributed by atoms with van der Waals surface area (Å²) < 4.78 is 15.4. The third-order valence-electron chi connectivity index (χ3n) is 2.18. The molecule has 0 saturated carbocycles. The van der Waals surface area contributed by atoms with E-state index in [1.165, 1.54) is 0 Å². The molecule has 106 valence electrons. The Labute approximate surface area is 109 Å². The van der Waals surface area contributed by atoms with E-state index in [9.17, 15) is 9.59 Å². The number of methoxy groups -OCH3 is 1. The number of rotatable bonds is 7. The van der Waals surface area contributed by atoms with Gasteiger partial charge in [0.25, 0.3) is 0 Å². The number of ketones is 1. The van der Waals surface area contributed by atoms with Gasteiger partial charge in [0.15, 0.2) is 5.78 Å². The molecule has 0 bridgehead atoms. The lowest BCUT2D eigenvalue weighted by atomic mass is 10.1. The summed E-state index contributed by atoms with van der Waals surface area (Å²) in [6.45, 7) is 9.05. The molecule has 0 aromatic rings. The summed E-state index contributed by atoms with van der Waals surface area (Å²) in [5.41, 5.74) is -0.577. The van der Waals surface area contributed by atoms with E-state index in [2.05, 4.69) is 0 Å². The Kier molecular flexibility index (Phi) is 7.09. The summed E-state index contributed by atoms with van der Waals surface area (Å²) in [6.07, 6.45) is -0.975. The molecule has 0 unspecified atom stereocenters. The maximum absolute atomic E-state index is 11.7. The average molecular weight is 260 g/mol. The second-order valence-corrected chi connectivity index (χ2v) is 5.25. The van der Waals surface area contributed by atoms with Gasteiger partial charge in [0.05, 0.1) is 12.7 Å². The summed E-state index contributed by atoms with van der Waals surface area (Å²) >= 11 is 0. The van der Waals surface area contributed by atoms with Crippen molar-refractivity contribution in [3.05, 3.63) is 0 Å². The molecule has 0 aliphatic rings. The first kappa shape index (κ1) is 17.1. The lowest BCUT2D eigenvalue weighted by molar-refractivity contribution is -0.158. The van der Waals surface area contributed by atoms with Crippen molar-refractivity contribution in [3.63, 3.8) is 0 Å². The molecule has 0 spiro atoms. The van der Waals surface area contributed by atoms with Gasteiger partial charge in [-0.1, -0.05) is 0 Å². The molecule has 0 aliphatic heterocycles. The first-order chi connectivity index (χ1) is 8.15. The molecule has 5 heteroatoms. The molecule has 0 amide bonds. The Morgan fingerprint density at radius 1 is 1.17 bits per heavy atom. The van der Waals surface area contributed by atoms with E-state index in [4.69, 9.17) is 14.2 Å².